The van der Waals surface area contributed by atoms with Crippen molar-refractivity contribution in [3.63, 3.8) is 0 Å². The Morgan fingerprint density at radius 2 is 1.26 bits per heavy atom. The molecule has 112 valence electrons. The Hall–Kier alpha value is 0.110. The van der Waals surface area contributed by atoms with Crippen molar-refractivity contribution in [2.75, 3.05) is 6.61 Å². The van der Waals surface area contributed by atoms with Gasteiger partial charge in [0.15, 0.2) is 0 Å². The lowest BCUT2D eigenvalue weighted by molar-refractivity contribution is 0.0322. The van der Waals surface area contributed by atoms with E-state index in [-0.39, 0.29) is 12.2 Å². The van der Waals surface area contributed by atoms with Crippen LogP contribution in [0.25, 0.3) is 0 Å². The first-order valence-corrected chi connectivity index (χ1v) is 9.29. The summed E-state index contributed by atoms with van der Waals surface area (Å²) in [5.74, 6) is 0. The van der Waals surface area contributed by atoms with Crippen LogP contribution in [-0.4, -0.2) is 18.8 Å². The minimum Gasteiger partial charge on any atom is -0.287 e. The minimum absolute atomic E-state index is 0.0507. The molecule has 0 aromatic carbocycles. The van der Waals surface area contributed by atoms with E-state index in [9.17, 15) is 4.57 Å². The Balaban J connectivity index is 1.89. The van der Waals surface area contributed by atoms with Gasteiger partial charge in [-0.3, -0.25) is 13.6 Å². The minimum atomic E-state index is -3.36. The van der Waals surface area contributed by atoms with Gasteiger partial charge in [0, 0.05) is 0 Å². The maximum absolute atomic E-state index is 12.7. The summed E-state index contributed by atoms with van der Waals surface area (Å²) in [7, 11) is -3.36. The molecule has 4 nitrogen and oxygen atoms in total. The summed E-state index contributed by atoms with van der Waals surface area (Å²) >= 11 is 0. The van der Waals surface area contributed by atoms with Gasteiger partial charge < -0.3 is 0 Å². The first-order chi connectivity index (χ1) is 9.22. The third-order valence-corrected chi connectivity index (χ3v) is 5.64. The van der Waals surface area contributed by atoms with Gasteiger partial charge in [0.2, 0.25) is 0 Å². The van der Waals surface area contributed by atoms with Crippen LogP contribution in [0, 0.1) is 0 Å². The molecule has 2 rings (SSSR count). The monoisotopic (exact) mass is 290 g/mol. The van der Waals surface area contributed by atoms with Crippen LogP contribution >= 0.6 is 7.82 Å². The van der Waals surface area contributed by atoms with E-state index < -0.39 is 7.82 Å². The number of hydrogen-bond acceptors (Lipinski definition) is 4. The molecule has 0 unspecified atom stereocenters. The van der Waals surface area contributed by atoms with E-state index in [1.54, 1.807) is 0 Å². The highest BCUT2D eigenvalue weighted by Crippen LogP contribution is 2.54. The molecule has 5 heteroatoms. The lowest BCUT2D eigenvalue weighted by Gasteiger charge is -2.30. The van der Waals surface area contributed by atoms with E-state index >= 15 is 0 Å². The van der Waals surface area contributed by atoms with Gasteiger partial charge in [0.05, 0.1) is 18.8 Å². The van der Waals surface area contributed by atoms with Gasteiger partial charge in [-0.05, 0) is 32.6 Å². The van der Waals surface area contributed by atoms with Gasteiger partial charge in [-0.25, -0.2) is 4.57 Å². The third kappa shape index (κ3) is 5.18. The highest BCUT2D eigenvalue weighted by Gasteiger charge is 2.34. The molecule has 0 aromatic rings. The molecule has 0 atom stereocenters. The second kappa shape index (κ2) is 7.78. The highest BCUT2D eigenvalue weighted by atomic mass is 31.2. The molecule has 0 heterocycles. The van der Waals surface area contributed by atoms with E-state index in [1.165, 1.54) is 12.8 Å². The summed E-state index contributed by atoms with van der Waals surface area (Å²) < 4.78 is 29.5. The number of rotatable bonds is 6. The van der Waals surface area contributed by atoms with Crippen LogP contribution in [-0.2, 0) is 18.1 Å². The molecule has 0 aromatic heterocycles. The second-order valence-corrected chi connectivity index (χ2v) is 7.17. The Bertz CT molecular complexity index is 272. The second-order valence-electron chi connectivity index (χ2n) is 5.60. The maximum Gasteiger partial charge on any atom is 0.475 e. The lowest BCUT2D eigenvalue weighted by atomic mass is 9.98. The molecular weight excluding hydrogens is 263 g/mol. The molecule has 2 aliphatic rings. The lowest BCUT2D eigenvalue weighted by Crippen LogP contribution is -2.21. The molecule has 2 saturated carbocycles. The van der Waals surface area contributed by atoms with E-state index in [2.05, 4.69) is 0 Å². The zero-order valence-corrected chi connectivity index (χ0v) is 12.9. The third-order valence-electron chi connectivity index (χ3n) is 3.95. The van der Waals surface area contributed by atoms with Crippen molar-refractivity contribution < 1.29 is 18.1 Å². The SMILES string of the molecule is CCOP(=O)(OC1CCCCC1)OC1CCCCC1. The van der Waals surface area contributed by atoms with Gasteiger partial charge >= 0.3 is 7.82 Å². The molecule has 0 amide bonds. The topological polar surface area (TPSA) is 44.8 Å². The number of phosphoric ester groups is 1. The van der Waals surface area contributed by atoms with E-state index in [0.717, 1.165) is 51.4 Å². The van der Waals surface area contributed by atoms with Gasteiger partial charge in [0.25, 0.3) is 0 Å². The molecule has 0 spiro atoms. The van der Waals surface area contributed by atoms with Crippen molar-refractivity contribution in [2.24, 2.45) is 0 Å². The Morgan fingerprint density at radius 1 is 0.842 bits per heavy atom. The highest BCUT2D eigenvalue weighted by molar-refractivity contribution is 7.48. The smallest absolute Gasteiger partial charge is 0.287 e. The molecule has 2 aliphatic carbocycles. The number of hydrogen-bond donors (Lipinski definition) is 0. The van der Waals surface area contributed by atoms with Crippen molar-refractivity contribution in [1.29, 1.82) is 0 Å². The summed E-state index contributed by atoms with van der Waals surface area (Å²) in [4.78, 5) is 0. The Morgan fingerprint density at radius 3 is 1.63 bits per heavy atom. The van der Waals surface area contributed by atoms with Crippen LogP contribution in [0.1, 0.15) is 71.1 Å². The summed E-state index contributed by atoms with van der Waals surface area (Å²) in [5, 5.41) is 0. The maximum atomic E-state index is 12.7. The van der Waals surface area contributed by atoms with Gasteiger partial charge in [-0.1, -0.05) is 38.5 Å². The fraction of sp³-hybridized carbons (Fsp3) is 1.00. The van der Waals surface area contributed by atoms with Crippen molar-refractivity contribution in [3.05, 3.63) is 0 Å². The quantitative estimate of drug-likeness (QED) is 0.657. The number of phosphoric acid groups is 1. The van der Waals surface area contributed by atoms with Crippen LogP contribution in [0.5, 0.6) is 0 Å². The van der Waals surface area contributed by atoms with Crippen LogP contribution in [0.4, 0.5) is 0 Å². The average Bonchev–Trinajstić information content (AvgIpc) is 2.41. The predicted octanol–water partition coefficient (Wildman–Crippen LogP) is 4.83. The molecule has 0 saturated heterocycles. The first-order valence-electron chi connectivity index (χ1n) is 7.83. The van der Waals surface area contributed by atoms with E-state index in [1.807, 2.05) is 6.92 Å². The van der Waals surface area contributed by atoms with Crippen molar-refractivity contribution in [1.82, 2.24) is 0 Å². The zero-order chi connectivity index (χ0) is 13.6. The Kier molecular flexibility index (Phi) is 6.34. The zero-order valence-electron chi connectivity index (χ0n) is 12.0. The van der Waals surface area contributed by atoms with Crippen LogP contribution in [0.3, 0.4) is 0 Å². The van der Waals surface area contributed by atoms with Crippen molar-refractivity contribution >= 4 is 7.82 Å². The van der Waals surface area contributed by atoms with Gasteiger partial charge in [0.1, 0.15) is 0 Å². The van der Waals surface area contributed by atoms with E-state index in [4.69, 9.17) is 13.6 Å². The summed E-state index contributed by atoms with van der Waals surface area (Å²) in [5.41, 5.74) is 0. The van der Waals surface area contributed by atoms with Gasteiger partial charge in [-0.2, -0.15) is 0 Å². The van der Waals surface area contributed by atoms with Gasteiger partial charge in [-0.15, -0.1) is 0 Å². The summed E-state index contributed by atoms with van der Waals surface area (Å²) in [6.45, 7) is 2.21. The van der Waals surface area contributed by atoms with E-state index in [0.29, 0.717) is 6.61 Å². The standard InChI is InChI=1S/C14H27O4P/c1-2-16-19(15,17-13-9-5-3-6-10-13)18-14-11-7-4-8-12-14/h13-14H,2-12H2,1H3. The van der Waals surface area contributed by atoms with Crippen molar-refractivity contribution in [3.8, 4) is 0 Å². The van der Waals surface area contributed by atoms with Crippen LogP contribution in [0.15, 0.2) is 0 Å². The normalized spacial score (nSPS) is 23.6. The molecule has 0 radical (unpaired) electrons. The fourth-order valence-electron chi connectivity index (χ4n) is 2.95. The molecule has 2 fully saturated rings. The average molecular weight is 290 g/mol. The predicted molar refractivity (Wildman–Crippen MR) is 75.1 cm³/mol. The summed E-state index contributed by atoms with van der Waals surface area (Å²) in [6, 6.07) is 0. The van der Waals surface area contributed by atoms with Crippen LogP contribution in [0.2, 0.25) is 0 Å². The molecule has 0 aliphatic heterocycles. The molecular formula is C14H27O4P. The summed E-state index contributed by atoms with van der Waals surface area (Å²) in [6.07, 6.45) is 11.1. The molecule has 19 heavy (non-hydrogen) atoms. The fourth-order valence-corrected chi connectivity index (χ4v) is 4.59. The molecule has 0 N–H and O–H groups in total. The van der Waals surface area contributed by atoms with Crippen LogP contribution < -0.4 is 0 Å². The Labute approximate surface area is 116 Å². The largest absolute Gasteiger partial charge is 0.475 e. The molecule has 0 bridgehead atoms. The first kappa shape index (κ1) is 15.5. The van der Waals surface area contributed by atoms with Crippen molar-refractivity contribution in [2.45, 2.75) is 83.3 Å².